The van der Waals surface area contributed by atoms with Gasteiger partial charge >= 0.3 is 17.9 Å². The molecule has 7 heteroatoms. The Hall–Kier alpha value is -1.63. The van der Waals surface area contributed by atoms with E-state index in [0.717, 1.165) is 0 Å². The van der Waals surface area contributed by atoms with E-state index in [1.165, 1.54) is 19.1 Å². The lowest BCUT2D eigenvalue weighted by Gasteiger charge is -2.23. The second kappa shape index (κ2) is 7.73. The van der Waals surface area contributed by atoms with Crippen molar-refractivity contribution in [3.8, 4) is 0 Å². The summed E-state index contributed by atoms with van der Waals surface area (Å²) < 4.78 is 14.1. The van der Waals surface area contributed by atoms with Crippen LogP contribution in [0.1, 0.15) is 20.8 Å². The maximum Gasteiger partial charge on any atom is 0.320 e. The molecule has 0 radical (unpaired) electrons. The predicted octanol–water partition coefficient (Wildman–Crippen LogP) is -0.0239. The third-order valence-electron chi connectivity index (χ3n) is 1.93. The van der Waals surface area contributed by atoms with Crippen molar-refractivity contribution in [3.05, 3.63) is 0 Å². The van der Waals surface area contributed by atoms with Gasteiger partial charge in [-0.05, 0) is 20.8 Å². The van der Waals surface area contributed by atoms with Gasteiger partial charge in [-0.2, -0.15) is 0 Å². The highest BCUT2D eigenvalue weighted by atomic mass is 16.6. The molecule has 19 heavy (non-hydrogen) atoms. The van der Waals surface area contributed by atoms with E-state index in [1.54, 1.807) is 20.8 Å². The Morgan fingerprint density at radius 1 is 0.842 bits per heavy atom. The highest BCUT2D eigenvalue weighted by molar-refractivity contribution is 5.78. The maximum atomic E-state index is 11.6. The SMILES string of the molecule is COC(=O)CN(CC(=O)OC)CC(=O)OC(C)(C)C. The smallest absolute Gasteiger partial charge is 0.320 e. The highest BCUT2D eigenvalue weighted by Gasteiger charge is 2.22. The molecule has 7 nitrogen and oxygen atoms in total. The Kier molecular flexibility index (Phi) is 7.06. The molecule has 0 fully saturated rings. The summed E-state index contributed by atoms with van der Waals surface area (Å²) in [5.74, 6) is -1.62. The fourth-order valence-corrected chi connectivity index (χ4v) is 1.22. The molecule has 0 N–H and O–H groups in total. The summed E-state index contributed by atoms with van der Waals surface area (Å²) >= 11 is 0. The standard InChI is InChI=1S/C12H21NO6/c1-12(2,3)19-11(16)8-13(6-9(14)17-4)7-10(15)18-5/h6-8H2,1-5H3. The summed E-state index contributed by atoms with van der Waals surface area (Å²) in [4.78, 5) is 35.3. The predicted molar refractivity (Wildman–Crippen MR) is 66.3 cm³/mol. The first-order chi connectivity index (χ1) is 8.67. The Labute approximate surface area is 112 Å². The van der Waals surface area contributed by atoms with Crippen LogP contribution in [0.15, 0.2) is 0 Å². The van der Waals surface area contributed by atoms with E-state index in [9.17, 15) is 14.4 Å². The van der Waals surface area contributed by atoms with Gasteiger partial charge in [0.1, 0.15) is 5.60 Å². The minimum atomic E-state index is -0.626. The second-order valence-electron chi connectivity index (χ2n) is 4.88. The molecule has 0 aliphatic rings. The van der Waals surface area contributed by atoms with Crippen molar-refractivity contribution in [1.29, 1.82) is 0 Å². The molecule has 0 aromatic carbocycles. The molecule has 0 atom stereocenters. The zero-order valence-electron chi connectivity index (χ0n) is 12.0. The minimum Gasteiger partial charge on any atom is -0.468 e. The molecule has 0 aromatic heterocycles. The first kappa shape index (κ1) is 17.4. The number of hydrogen-bond donors (Lipinski definition) is 0. The number of hydrogen-bond acceptors (Lipinski definition) is 7. The summed E-state index contributed by atoms with van der Waals surface area (Å²) in [6.07, 6.45) is 0. The van der Waals surface area contributed by atoms with Crippen molar-refractivity contribution in [3.63, 3.8) is 0 Å². The molecule has 0 rings (SSSR count). The fourth-order valence-electron chi connectivity index (χ4n) is 1.22. The van der Waals surface area contributed by atoms with Gasteiger partial charge in [-0.3, -0.25) is 19.3 Å². The monoisotopic (exact) mass is 275 g/mol. The molecule has 0 amide bonds. The molecule has 0 saturated carbocycles. The zero-order chi connectivity index (χ0) is 15.1. The van der Waals surface area contributed by atoms with Crippen LogP contribution >= 0.6 is 0 Å². The first-order valence-electron chi connectivity index (χ1n) is 5.75. The normalized spacial score (nSPS) is 11.1. The number of nitrogens with zero attached hydrogens (tertiary/aromatic N) is 1. The zero-order valence-corrected chi connectivity index (χ0v) is 12.0. The van der Waals surface area contributed by atoms with E-state index in [2.05, 4.69) is 9.47 Å². The molecule has 110 valence electrons. The van der Waals surface area contributed by atoms with E-state index < -0.39 is 23.5 Å². The van der Waals surface area contributed by atoms with Gasteiger partial charge in [-0.1, -0.05) is 0 Å². The van der Waals surface area contributed by atoms with Gasteiger partial charge in [0.15, 0.2) is 0 Å². The van der Waals surface area contributed by atoms with Crippen molar-refractivity contribution in [1.82, 2.24) is 4.90 Å². The van der Waals surface area contributed by atoms with Gasteiger partial charge in [-0.15, -0.1) is 0 Å². The molecule has 0 heterocycles. The summed E-state index contributed by atoms with van der Waals surface area (Å²) in [7, 11) is 2.46. The summed E-state index contributed by atoms with van der Waals surface area (Å²) in [5, 5.41) is 0. The van der Waals surface area contributed by atoms with Crippen LogP contribution in [0.4, 0.5) is 0 Å². The van der Waals surface area contributed by atoms with E-state index in [0.29, 0.717) is 0 Å². The Bertz CT molecular complexity index is 316. The lowest BCUT2D eigenvalue weighted by atomic mass is 10.2. The van der Waals surface area contributed by atoms with Crippen molar-refractivity contribution < 1.29 is 28.6 Å². The number of ether oxygens (including phenoxy) is 3. The largest absolute Gasteiger partial charge is 0.468 e. The fraction of sp³-hybridized carbons (Fsp3) is 0.750. The van der Waals surface area contributed by atoms with E-state index in [4.69, 9.17) is 4.74 Å². The van der Waals surface area contributed by atoms with Crippen LogP contribution in [-0.2, 0) is 28.6 Å². The molecule has 0 aromatic rings. The third kappa shape index (κ3) is 9.01. The first-order valence-corrected chi connectivity index (χ1v) is 5.75. The van der Waals surface area contributed by atoms with E-state index in [1.807, 2.05) is 0 Å². The van der Waals surface area contributed by atoms with Crippen LogP contribution in [0.3, 0.4) is 0 Å². The Morgan fingerprint density at radius 2 is 1.21 bits per heavy atom. The molecular weight excluding hydrogens is 254 g/mol. The molecule has 0 saturated heterocycles. The van der Waals surface area contributed by atoms with Crippen LogP contribution in [0.2, 0.25) is 0 Å². The summed E-state index contributed by atoms with van der Waals surface area (Å²) in [6.45, 7) is 4.62. The highest BCUT2D eigenvalue weighted by Crippen LogP contribution is 2.07. The summed E-state index contributed by atoms with van der Waals surface area (Å²) in [5.41, 5.74) is -0.626. The van der Waals surface area contributed by atoms with Gasteiger partial charge < -0.3 is 14.2 Å². The van der Waals surface area contributed by atoms with Crippen LogP contribution < -0.4 is 0 Å². The molecule has 0 unspecified atom stereocenters. The quantitative estimate of drug-likeness (QED) is 0.497. The molecule has 0 spiro atoms. The Morgan fingerprint density at radius 3 is 1.53 bits per heavy atom. The van der Waals surface area contributed by atoms with Crippen molar-refractivity contribution in [2.24, 2.45) is 0 Å². The lowest BCUT2D eigenvalue weighted by Crippen LogP contribution is -2.41. The number of methoxy groups -OCH3 is 2. The van der Waals surface area contributed by atoms with Crippen LogP contribution in [0, 0.1) is 0 Å². The molecule has 0 bridgehead atoms. The minimum absolute atomic E-state index is 0.190. The van der Waals surface area contributed by atoms with Crippen LogP contribution in [-0.4, -0.2) is 62.3 Å². The Balaban J connectivity index is 4.52. The maximum absolute atomic E-state index is 11.6. The number of carbonyl (C=O) groups excluding carboxylic acids is 3. The second-order valence-corrected chi connectivity index (χ2v) is 4.88. The molecule has 0 aliphatic carbocycles. The average Bonchev–Trinajstić information content (AvgIpc) is 2.25. The van der Waals surface area contributed by atoms with E-state index in [-0.39, 0.29) is 19.6 Å². The van der Waals surface area contributed by atoms with Crippen molar-refractivity contribution in [2.45, 2.75) is 26.4 Å². The van der Waals surface area contributed by atoms with E-state index >= 15 is 0 Å². The third-order valence-corrected chi connectivity index (χ3v) is 1.93. The van der Waals surface area contributed by atoms with Gasteiger partial charge in [-0.25, -0.2) is 0 Å². The topological polar surface area (TPSA) is 82.1 Å². The van der Waals surface area contributed by atoms with Crippen LogP contribution in [0.5, 0.6) is 0 Å². The number of rotatable bonds is 6. The number of carbonyl (C=O) groups is 3. The van der Waals surface area contributed by atoms with Gasteiger partial charge in [0.25, 0.3) is 0 Å². The lowest BCUT2D eigenvalue weighted by molar-refractivity contribution is -0.157. The van der Waals surface area contributed by atoms with Gasteiger partial charge in [0, 0.05) is 0 Å². The van der Waals surface area contributed by atoms with Crippen molar-refractivity contribution >= 4 is 17.9 Å². The van der Waals surface area contributed by atoms with Crippen molar-refractivity contribution in [2.75, 3.05) is 33.9 Å². The van der Waals surface area contributed by atoms with Gasteiger partial charge in [0.2, 0.25) is 0 Å². The average molecular weight is 275 g/mol. The molecule has 0 aliphatic heterocycles. The summed E-state index contributed by atoms with van der Waals surface area (Å²) in [6, 6.07) is 0. The molecular formula is C12H21NO6. The van der Waals surface area contributed by atoms with Crippen LogP contribution in [0.25, 0.3) is 0 Å². The number of esters is 3. The van der Waals surface area contributed by atoms with Gasteiger partial charge in [0.05, 0.1) is 33.9 Å².